The van der Waals surface area contributed by atoms with Crippen LogP contribution in [0, 0.1) is 0 Å². The van der Waals surface area contributed by atoms with Crippen molar-refractivity contribution in [3.8, 4) is 0 Å². The molecule has 8 heteroatoms. The third-order valence-electron chi connectivity index (χ3n) is 2.93. The van der Waals surface area contributed by atoms with Crippen molar-refractivity contribution in [1.29, 1.82) is 0 Å². The lowest BCUT2D eigenvalue weighted by Gasteiger charge is -2.11. The van der Waals surface area contributed by atoms with Crippen molar-refractivity contribution in [2.24, 2.45) is 0 Å². The molecule has 2 rings (SSSR count). The molecule has 0 aliphatic heterocycles. The van der Waals surface area contributed by atoms with Gasteiger partial charge in [0.15, 0.2) is 5.13 Å². The second-order valence-electron chi connectivity index (χ2n) is 4.63. The number of fused-ring (bicyclic) bond motifs is 1. The average Bonchev–Trinajstić information content (AvgIpc) is 2.88. The van der Waals surface area contributed by atoms with Gasteiger partial charge in [-0.05, 0) is 39.0 Å². The zero-order valence-electron chi connectivity index (χ0n) is 13.2. The van der Waals surface area contributed by atoms with E-state index in [1.54, 1.807) is 32.0 Å². The smallest absolute Gasteiger partial charge is 0.413 e. The van der Waals surface area contributed by atoms with Gasteiger partial charge in [0.2, 0.25) is 0 Å². The summed E-state index contributed by atoms with van der Waals surface area (Å²) in [4.78, 5) is 27.6. The topological polar surface area (TPSA) is 89.5 Å². The summed E-state index contributed by atoms with van der Waals surface area (Å²) >= 11 is 1.31. The summed E-state index contributed by atoms with van der Waals surface area (Å²) < 4.78 is 10.9. The Labute approximate surface area is 138 Å². The van der Waals surface area contributed by atoms with Gasteiger partial charge in [-0.2, -0.15) is 0 Å². The fourth-order valence-corrected chi connectivity index (χ4v) is 2.77. The number of aromatic nitrogens is 1. The zero-order valence-corrected chi connectivity index (χ0v) is 14.0. The molecule has 23 heavy (non-hydrogen) atoms. The normalized spacial score (nSPS) is 12.0. The minimum atomic E-state index is -0.536. The molecule has 2 N–H and O–H groups in total. The fraction of sp³-hybridized carbons (Fsp3) is 0.400. The lowest BCUT2D eigenvalue weighted by Crippen LogP contribution is -2.27. The van der Waals surface area contributed by atoms with E-state index < -0.39 is 12.2 Å². The van der Waals surface area contributed by atoms with Crippen LogP contribution in [0.2, 0.25) is 0 Å². The number of anilines is 2. The molecule has 1 aromatic heterocycles. The molecule has 0 bridgehead atoms. The van der Waals surface area contributed by atoms with Gasteiger partial charge in [-0.15, -0.1) is 0 Å². The highest BCUT2D eigenvalue weighted by atomic mass is 32.1. The van der Waals surface area contributed by atoms with Crippen molar-refractivity contribution < 1.29 is 19.1 Å². The molecule has 0 aliphatic rings. The lowest BCUT2D eigenvalue weighted by atomic mass is 10.3. The summed E-state index contributed by atoms with van der Waals surface area (Å²) in [6.45, 7) is 6.04. The largest absolute Gasteiger partial charge is 0.450 e. The number of hydrogen-bond donors (Lipinski definition) is 2. The quantitative estimate of drug-likeness (QED) is 0.844. The molecule has 1 aromatic carbocycles. The molecular formula is C15H19N3O4S. The van der Waals surface area contributed by atoms with E-state index in [1.807, 2.05) is 6.92 Å². The van der Waals surface area contributed by atoms with Crippen LogP contribution in [0.25, 0.3) is 10.2 Å². The van der Waals surface area contributed by atoms with Crippen molar-refractivity contribution in [3.63, 3.8) is 0 Å². The number of benzene rings is 1. The maximum atomic E-state index is 11.9. The van der Waals surface area contributed by atoms with Gasteiger partial charge >= 0.3 is 6.09 Å². The standard InChI is InChI=1S/C15H19N3O4S/c1-4-21-9(3)13(19)16-10-6-7-11-12(8-10)23-14(17-11)18-15(20)22-5-2/h6-9H,4-5H2,1-3H3,(H,16,19)(H,17,18,20)/t9-/m1/s1. The Bertz CT molecular complexity index is 701. The number of nitrogens with one attached hydrogen (secondary N) is 2. The highest BCUT2D eigenvalue weighted by Crippen LogP contribution is 2.28. The molecule has 1 atom stereocenters. The Morgan fingerprint density at radius 2 is 2.04 bits per heavy atom. The number of rotatable bonds is 6. The first-order valence-electron chi connectivity index (χ1n) is 7.30. The number of thiazole rings is 1. The van der Waals surface area contributed by atoms with Crippen LogP contribution < -0.4 is 10.6 Å². The van der Waals surface area contributed by atoms with Gasteiger partial charge < -0.3 is 14.8 Å². The van der Waals surface area contributed by atoms with Crippen molar-refractivity contribution in [3.05, 3.63) is 18.2 Å². The highest BCUT2D eigenvalue weighted by molar-refractivity contribution is 7.22. The Hall–Kier alpha value is -2.19. The Kier molecular flexibility index (Phi) is 5.89. The van der Waals surface area contributed by atoms with E-state index in [0.717, 1.165) is 10.2 Å². The number of carbonyl (C=O) groups excluding carboxylic acids is 2. The lowest BCUT2D eigenvalue weighted by molar-refractivity contribution is -0.126. The van der Waals surface area contributed by atoms with Crippen LogP contribution in [0.5, 0.6) is 0 Å². The molecule has 7 nitrogen and oxygen atoms in total. The van der Waals surface area contributed by atoms with Gasteiger partial charge in [0.1, 0.15) is 6.10 Å². The molecule has 1 heterocycles. The van der Waals surface area contributed by atoms with Crippen LogP contribution in [0.1, 0.15) is 20.8 Å². The Morgan fingerprint density at radius 1 is 1.26 bits per heavy atom. The molecule has 0 aliphatic carbocycles. The molecule has 0 saturated carbocycles. The first kappa shape index (κ1) is 17.2. The SMILES string of the molecule is CCOC(=O)Nc1nc2ccc(NC(=O)[C@@H](C)OCC)cc2s1. The van der Waals surface area contributed by atoms with Gasteiger partial charge in [-0.1, -0.05) is 11.3 Å². The van der Waals surface area contributed by atoms with E-state index >= 15 is 0 Å². The van der Waals surface area contributed by atoms with E-state index in [1.165, 1.54) is 11.3 Å². The number of hydrogen-bond acceptors (Lipinski definition) is 6. The van der Waals surface area contributed by atoms with Gasteiger partial charge in [0.25, 0.3) is 5.91 Å². The van der Waals surface area contributed by atoms with E-state index in [2.05, 4.69) is 15.6 Å². The summed E-state index contributed by atoms with van der Waals surface area (Å²) in [7, 11) is 0. The predicted molar refractivity (Wildman–Crippen MR) is 90.0 cm³/mol. The van der Waals surface area contributed by atoms with E-state index in [9.17, 15) is 9.59 Å². The van der Waals surface area contributed by atoms with Gasteiger partial charge in [-0.3, -0.25) is 10.1 Å². The number of nitrogens with zero attached hydrogens (tertiary/aromatic N) is 1. The fourth-order valence-electron chi connectivity index (χ4n) is 1.88. The Balaban J connectivity index is 2.09. The molecule has 0 saturated heterocycles. The summed E-state index contributed by atoms with van der Waals surface area (Å²) in [5.74, 6) is -0.208. The third-order valence-corrected chi connectivity index (χ3v) is 3.86. The first-order valence-corrected chi connectivity index (χ1v) is 8.12. The summed E-state index contributed by atoms with van der Waals surface area (Å²) in [5.41, 5.74) is 1.39. The monoisotopic (exact) mass is 337 g/mol. The van der Waals surface area contributed by atoms with Crippen LogP contribution in [0.4, 0.5) is 15.6 Å². The van der Waals surface area contributed by atoms with Crippen LogP contribution in [0.15, 0.2) is 18.2 Å². The van der Waals surface area contributed by atoms with E-state index in [-0.39, 0.29) is 5.91 Å². The van der Waals surface area contributed by atoms with Crippen LogP contribution in [-0.4, -0.2) is 36.3 Å². The van der Waals surface area contributed by atoms with Crippen molar-refractivity contribution in [2.75, 3.05) is 23.8 Å². The molecule has 2 aromatic rings. The van der Waals surface area contributed by atoms with Crippen molar-refractivity contribution in [1.82, 2.24) is 4.98 Å². The van der Waals surface area contributed by atoms with Gasteiger partial charge in [0.05, 0.1) is 16.8 Å². The molecule has 0 spiro atoms. The van der Waals surface area contributed by atoms with Crippen molar-refractivity contribution >= 4 is 44.4 Å². The van der Waals surface area contributed by atoms with Crippen LogP contribution in [0.3, 0.4) is 0 Å². The zero-order chi connectivity index (χ0) is 16.8. The van der Waals surface area contributed by atoms with Gasteiger partial charge in [0, 0.05) is 12.3 Å². The van der Waals surface area contributed by atoms with Crippen molar-refractivity contribution in [2.45, 2.75) is 26.9 Å². The second-order valence-corrected chi connectivity index (χ2v) is 5.66. The molecule has 2 amide bonds. The second kappa shape index (κ2) is 7.89. The van der Waals surface area contributed by atoms with E-state index in [0.29, 0.717) is 24.0 Å². The van der Waals surface area contributed by atoms with E-state index in [4.69, 9.17) is 9.47 Å². The van der Waals surface area contributed by atoms with Crippen LogP contribution in [-0.2, 0) is 14.3 Å². The molecular weight excluding hydrogens is 318 g/mol. The maximum Gasteiger partial charge on any atom is 0.413 e. The molecule has 0 fully saturated rings. The minimum absolute atomic E-state index is 0.208. The van der Waals surface area contributed by atoms with Gasteiger partial charge in [-0.25, -0.2) is 9.78 Å². The molecule has 124 valence electrons. The number of amides is 2. The third kappa shape index (κ3) is 4.64. The molecule has 0 unspecified atom stereocenters. The number of carbonyl (C=O) groups is 2. The summed E-state index contributed by atoms with van der Waals surface area (Å²) in [6.07, 6.45) is -1.05. The maximum absolute atomic E-state index is 11.9. The highest BCUT2D eigenvalue weighted by Gasteiger charge is 2.14. The summed E-state index contributed by atoms with van der Waals surface area (Å²) in [5, 5.41) is 5.81. The van der Waals surface area contributed by atoms with Crippen LogP contribution >= 0.6 is 11.3 Å². The Morgan fingerprint density at radius 3 is 2.74 bits per heavy atom. The molecule has 0 radical (unpaired) electrons. The minimum Gasteiger partial charge on any atom is -0.450 e. The number of ether oxygens (including phenoxy) is 2. The predicted octanol–water partition coefficient (Wildman–Crippen LogP) is 3.23. The average molecular weight is 337 g/mol. The summed E-state index contributed by atoms with van der Waals surface area (Å²) in [6, 6.07) is 5.34. The first-order chi connectivity index (χ1) is 11.0.